The molecular formula is C12H14N2O3S. The number of sulfone groups is 1. The van der Waals surface area contributed by atoms with Gasteiger partial charge in [0, 0.05) is 18.2 Å². The summed E-state index contributed by atoms with van der Waals surface area (Å²) in [5.74, 6) is 0.471. The van der Waals surface area contributed by atoms with E-state index in [9.17, 15) is 8.42 Å². The van der Waals surface area contributed by atoms with Crippen LogP contribution in [0.3, 0.4) is 0 Å². The molecule has 0 saturated heterocycles. The molecule has 2 rings (SSSR count). The Morgan fingerprint density at radius 2 is 1.94 bits per heavy atom. The van der Waals surface area contributed by atoms with E-state index in [4.69, 9.17) is 10.2 Å². The molecule has 1 aromatic carbocycles. The summed E-state index contributed by atoms with van der Waals surface area (Å²) in [6, 6.07) is 6.43. The third-order valence-corrected chi connectivity index (χ3v) is 3.61. The Hall–Kier alpha value is -1.66. The molecule has 0 fully saturated rings. The van der Waals surface area contributed by atoms with E-state index in [1.165, 1.54) is 18.4 Å². The fraction of sp³-hybridized carbons (Fsp3) is 0.250. The van der Waals surface area contributed by atoms with Gasteiger partial charge >= 0.3 is 0 Å². The zero-order chi connectivity index (χ0) is 13.2. The Kier molecular flexibility index (Phi) is 3.49. The van der Waals surface area contributed by atoms with E-state index in [0.717, 1.165) is 11.3 Å². The minimum atomic E-state index is -3.17. The summed E-state index contributed by atoms with van der Waals surface area (Å²) in [6.45, 7) is 0.513. The number of rotatable bonds is 4. The Morgan fingerprint density at radius 3 is 2.50 bits per heavy atom. The molecule has 0 spiro atoms. The molecule has 5 nitrogen and oxygen atoms in total. The van der Waals surface area contributed by atoms with E-state index in [1.54, 1.807) is 18.4 Å². The van der Waals surface area contributed by atoms with Crippen LogP contribution >= 0.6 is 0 Å². The molecule has 0 bridgehead atoms. The molecule has 0 aliphatic heterocycles. The zero-order valence-electron chi connectivity index (χ0n) is 9.96. The quantitative estimate of drug-likeness (QED) is 0.900. The van der Waals surface area contributed by atoms with Crippen LogP contribution in [0.25, 0.3) is 11.5 Å². The van der Waals surface area contributed by atoms with Crippen LogP contribution in [0, 0.1) is 0 Å². The van der Waals surface area contributed by atoms with Crippen molar-refractivity contribution >= 4 is 9.84 Å². The minimum Gasteiger partial charge on any atom is -0.444 e. The number of hydrogen-bond donors (Lipinski definition) is 1. The molecule has 0 amide bonds. The largest absolute Gasteiger partial charge is 0.444 e. The number of hydrogen-bond acceptors (Lipinski definition) is 5. The molecule has 0 radical (unpaired) electrons. The summed E-state index contributed by atoms with van der Waals surface area (Å²) in [7, 11) is -3.17. The minimum absolute atomic E-state index is 0.278. The number of benzene rings is 1. The van der Waals surface area contributed by atoms with Crippen LogP contribution in [0.4, 0.5) is 0 Å². The summed E-state index contributed by atoms with van der Waals surface area (Å²) >= 11 is 0. The summed E-state index contributed by atoms with van der Waals surface area (Å²) in [6.07, 6.45) is 3.39. The van der Waals surface area contributed by atoms with Crippen molar-refractivity contribution in [3.63, 3.8) is 0 Å². The second-order valence-corrected chi connectivity index (χ2v) is 5.99. The van der Waals surface area contributed by atoms with Crippen LogP contribution in [0.15, 0.2) is 39.8 Å². The predicted molar refractivity (Wildman–Crippen MR) is 67.8 cm³/mol. The average molecular weight is 266 g/mol. The van der Waals surface area contributed by atoms with Crippen molar-refractivity contribution in [1.29, 1.82) is 0 Å². The van der Waals surface area contributed by atoms with Crippen LogP contribution in [-0.2, 0) is 16.3 Å². The molecule has 2 N–H and O–H groups in total. The van der Waals surface area contributed by atoms with Gasteiger partial charge in [-0.05, 0) is 30.8 Å². The molecule has 6 heteroatoms. The number of nitrogens with two attached hydrogens (primary N) is 1. The lowest BCUT2D eigenvalue weighted by molar-refractivity contribution is 0.572. The normalized spacial score (nSPS) is 11.7. The summed E-state index contributed by atoms with van der Waals surface area (Å²) < 4.78 is 27.9. The second kappa shape index (κ2) is 4.91. The van der Waals surface area contributed by atoms with Gasteiger partial charge in [0.2, 0.25) is 5.89 Å². The first-order valence-corrected chi connectivity index (χ1v) is 7.35. The molecular weight excluding hydrogens is 252 g/mol. The molecule has 18 heavy (non-hydrogen) atoms. The average Bonchev–Trinajstić information content (AvgIpc) is 2.77. The van der Waals surface area contributed by atoms with Gasteiger partial charge in [-0.2, -0.15) is 0 Å². The molecule has 1 heterocycles. The summed E-state index contributed by atoms with van der Waals surface area (Å²) in [4.78, 5) is 4.54. The van der Waals surface area contributed by atoms with Crippen molar-refractivity contribution in [2.45, 2.75) is 11.3 Å². The Labute approximate surface area is 106 Å². The summed E-state index contributed by atoms with van der Waals surface area (Å²) in [5.41, 5.74) is 6.96. The summed E-state index contributed by atoms with van der Waals surface area (Å²) in [5, 5.41) is 0. The van der Waals surface area contributed by atoms with E-state index < -0.39 is 9.84 Å². The van der Waals surface area contributed by atoms with Gasteiger partial charge in [0.1, 0.15) is 6.26 Å². The molecule has 0 aliphatic rings. The van der Waals surface area contributed by atoms with Crippen molar-refractivity contribution in [2.24, 2.45) is 5.73 Å². The maximum Gasteiger partial charge on any atom is 0.226 e. The van der Waals surface area contributed by atoms with Crippen LogP contribution in [-0.4, -0.2) is 26.2 Å². The van der Waals surface area contributed by atoms with Crippen molar-refractivity contribution in [3.05, 3.63) is 36.2 Å². The van der Waals surface area contributed by atoms with Gasteiger partial charge in [-0.1, -0.05) is 0 Å². The third-order valence-electron chi connectivity index (χ3n) is 2.48. The van der Waals surface area contributed by atoms with Gasteiger partial charge in [0.25, 0.3) is 0 Å². The number of nitrogens with zero attached hydrogens (tertiary/aromatic N) is 1. The topological polar surface area (TPSA) is 86.2 Å². The predicted octanol–water partition coefficient (Wildman–Crippen LogP) is 1.25. The monoisotopic (exact) mass is 266 g/mol. The fourth-order valence-electron chi connectivity index (χ4n) is 1.55. The Bertz CT molecular complexity index is 630. The first-order chi connectivity index (χ1) is 8.50. The Morgan fingerprint density at radius 1 is 1.28 bits per heavy atom. The van der Waals surface area contributed by atoms with Gasteiger partial charge in [-0.3, -0.25) is 0 Å². The third kappa shape index (κ3) is 2.77. The highest BCUT2D eigenvalue weighted by Crippen LogP contribution is 2.20. The lowest BCUT2D eigenvalue weighted by Gasteiger charge is -1.99. The maximum atomic E-state index is 11.3. The van der Waals surface area contributed by atoms with Crippen molar-refractivity contribution < 1.29 is 12.8 Å². The smallest absolute Gasteiger partial charge is 0.226 e. The molecule has 0 saturated carbocycles. The molecule has 2 aromatic rings. The van der Waals surface area contributed by atoms with Crippen LogP contribution in [0.1, 0.15) is 5.69 Å². The highest BCUT2D eigenvalue weighted by molar-refractivity contribution is 7.90. The highest BCUT2D eigenvalue weighted by atomic mass is 32.2. The van der Waals surface area contributed by atoms with E-state index in [2.05, 4.69) is 4.98 Å². The lowest BCUT2D eigenvalue weighted by atomic mass is 10.2. The standard InChI is InChI=1S/C12H14N2O3S/c1-18(15,16)11-4-2-9(3-5-11)12-14-10(6-7-13)8-17-12/h2-5,8H,6-7,13H2,1H3. The van der Waals surface area contributed by atoms with Gasteiger partial charge in [-0.15, -0.1) is 0 Å². The maximum absolute atomic E-state index is 11.3. The van der Waals surface area contributed by atoms with Crippen molar-refractivity contribution in [2.75, 3.05) is 12.8 Å². The molecule has 0 unspecified atom stereocenters. The molecule has 96 valence electrons. The van der Waals surface area contributed by atoms with E-state index >= 15 is 0 Å². The second-order valence-electron chi connectivity index (χ2n) is 3.98. The van der Waals surface area contributed by atoms with Gasteiger partial charge in [-0.25, -0.2) is 13.4 Å². The van der Waals surface area contributed by atoms with E-state index in [1.807, 2.05) is 0 Å². The molecule has 0 aliphatic carbocycles. The van der Waals surface area contributed by atoms with Crippen molar-refractivity contribution in [3.8, 4) is 11.5 Å². The first kappa shape index (κ1) is 12.8. The zero-order valence-corrected chi connectivity index (χ0v) is 10.8. The van der Waals surface area contributed by atoms with E-state index in [-0.39, 0.29) is 4.90 Å². The fourth-order valence-corrected chi connectivity index (χ4v) is 2.18. The SMILES string of the molecule is CS(=O)(=O)c1ccc(-c2nc(CCN)co2)cc1. The van der Waals surface area contributed by atoms with Crippen LogP contribution in [0.5, 0.6) is 0 Å². The van der Waals surface area contributed by atoms with Gasteiger partial charge < -0.3 is 10.2 Å². The number of oxazole rings is 1. The first-order valence-electron chi connectivity index (χ1n) is 5.45. The van der Waals surface area contributed by atoms with Crippen molar-refractivity contribution in [1.82, 2.24) is 4.98 Å². The molecule has 0 atom stereocenters. The highest BCUT2D eigenvalue weighted by Gasteiger charge is 2.09. The van der Waals surface area contributed by atoms with Gasteiger partial charge in [0.15, 0.2) is 9.84 Å². The van der Waals surface area contributed by atoms with E-state index in [0.29, 0.717) is 18.9 Å². The van der Waals surface area contributed by atoms with Gasteiger partial charge in [0.05, 0.1) is 10.6 Å². The lowest BCUT2D eigenvalue weighted by Crippen LogP contribution is -2.02. The number of aromatic nitrogens is 1. The Balaban J connectivity index is 2.28. The van der Waals surface area contributed by atoms with Crippen LogP contribution < -0.4 is 5.73 Å². The molecule has 1 aromatic heterocycles. The van der Waals surface area contributed by atoms with Crippen LogP contribution in [0.2, 0.25) is 0 Å².